The maximum absolute atomic E-state index is 9.88. The lowest BCUT2D eigenvalue weighted by Crippen LogP contribution is -2.23. The fourth-order valence-electron chi connectivity index (χ4n) is 1.42. The van der Waals surface area contributed by atoms with E-state index < -0.39 is 5.60 Å². The number of rotatable bonds is 5. The summed E-state index contributed by atoms with van der Waals surface area (Å²) in [5.74, 6) is 0.878. The lowest BCUT2D eigenvalue weighted by atomic mass is 9.94. The van der Waals surface area contributed by atoms with Crippen LogP contribution in [0.15, 0.2) is 24.3 Å². The number of aryl methyl sites for hydroxylation is 1. The summed E-state index contributed by atoms with van der Waals surface area (Å²) in [6.45, 7) is 3.89. The van der Waals surface area contributed by atoms with Gasteiger partial charge in [0.25, 0.3) is 0 Å². The van der Waals surface area contributed by atoms with Gasteiger partial charge in [-0.15, -0.1) is 0 Å². The van der Waals surface area contributed by atoms with Crippen LogP contribution in [-0.4, -0.2) is 17.8 Å². The summed E-state index contributed by atoms with van der Waals surface area (Å²) in [5, 5.41) is 9.88. The van der Waals surface area contributed by atoms with Crippen LogP contribution in [-0.2, 0) is 6.42 Å². The van der Waals surface area contributed by atoms with Gasteiger partial charge in [0.05, 0.1) is 12.7 Å². The number of ether oxygens (including phenoxy) is 1. The number of aliphatic hydroxyl groups is 1. The Labute approximate surface area is 91.9 Å². The molecular weight excluding hydrogens is 188 g/mol. The molecule has 0 bridgehead atoms. The van der Waals surface area contributed by atoms with Crippen LogP contribution in [0.1, 0.15) is 32.3 Å². The van der Waals surface area contributed by atoms with Crippen LogP contribution in [0, 0.1) is 0 Å². The van der Waals surface area contributed by atoms with Gasteiger partial charge >= 0.3 is 0 Å². The van der Waals surface area contributed by atoms with Crippen molar-refractivity contribution in [2.24, 2.45) is 0 Å². The lowest BCUT2D eigenvalue weighted by molar-refractivity contribution is 0.0473. The second-order valence-corrected chi connectivity index (χ2v) is 4.20. The fraction of sp³-hybridized carbons (Fsp3) is 0.538. The molecule has 84 valence electrons. The van der Waals surface area contributed by atoms with Crippen molar-refractivity contribution in [2.75, 3.05) is 7.11 Å². The van der Waals surface area contributed by atoms with E-state index in [1.165, 1.54) is 5.56 Å². The minimum atomic E-state index is -0.553. The first-order valence-corrected chi connectivity index (χ1v) is 5.43. The Morgan fingerprint density at radius 3 is 2.73 bits per heavy atom. The van der Waals surface area contributed by atoms with Crippen LogP contribution in [0.3, 0.4) is 0 Å². The second kappa shape index (κ2) is 5.17. The summed E-state index contributed by atoms with van der Waals surface area (Å²) in [6.07, 6.45) is 2.46. The van der Waals surface area contributed by atoms with E-state index in [1.807, 2.05) is 32.0 Å². The highest BCUT2D eigenvalue weighted by atomic mass is 16.5. The molecule has 1 aromatic carbocycles. The van der Waals surface area contributed by atoms with Crippen LogP contribution in [0.4, 0.5) is 0 Å². The first-order chi connectivity index (χ1) is 7.07. The summed E-state index contributed by atoms with van der Waals surface area (Å²) in [4.78, 5) is 0. The molecule has 2 nitrogen and oxygen atoms in total. The topological polar surface area (TPSA) is 29.5 Å². The van der Waals surface area contributed by atoms with E-state index in [0.29, 0.717) is 0 Å². The van der Waals surface area contributed by atoms with Crippen LogP contribution in [0.2, 0.25) is 0 Å². The van der Waals surface area contributed by atoms with E-state index in [1.54, 1.807) is 7.11 Å². The quantitative estimate of drug-likeness (QED) is 0.806. The minimum Gasteiger partial charge on any atom is -0.497 e. The normalized spacial score (nSPS) is 14.7. The molecule has 15 heavy (non-hydrogen) atoms. The summed E-state index contributed by atoms with van der Waals surface area (Å²) in [7, 11) is 1.67. The van der Waals surface area contributed by atoms with Crippen molar-refractivity contribution in [3.63, 3.8) is 0 Å². The zero-order chi connectivity index (χ0) is 11.3. The highest BCUT2D eigenvalue weighted by molar-refractivity contribution is 5.28. The molecule has 0 fully saturated rings. The van der Waals surface area contributed by atoms with Crippen molar-refractivity contribution >= 4 is 0 Å². The van der Waals surface area contributed by atoms with E-state index >= 15 is 0 Å². The Balaban J connectivity index is 2.57. The predicted molar refractivity (Wildman–Crippen MR) is 62.2 cm³/mol. The smallest absolute Gasteiger partial charge is 0.119 e. The molecule has 0 aliphatic rings. The van der Waals surface area contributed by atoms with Crippen LogP contribution >= 0.6 is 0 Å². The van der Waals surface area contributed by atoms with Gasteiger partial charge < -0.3 is 9.84 Å². The molecule has 0 amide bonds. The van der Waals surface area contributed by atoms with E-state index in [9.17, 15) is 5.11 Å². The zero-order valence-electron chi connectivity index (χ0n) is 9.79. The van der Waals surface area contributed by atoms with Gasteiger partial charge in [0.1, 0.15) is 5.75 Å². The van der Waals surface area contributed by atoms with Crippen LogP contribution < -0.4 is 4.74 Å². The van der Waals surface area contributed by atoms with Gasteiger partial charge in [-0.05, 0) is 43.9 Å². The molecule has 0 saturated carbocycles. The van der Waals surface area contributed by atoms with Crippen molar-refractivity contribution in [1.29, 1.82) is 0 Å². The largest absolute Gasteiger partial charge is 0.497 e. The maximum atomic E-state index is 9.88. The van der Waals surface area contributed by atoms with Crippen molar-refractivity contribution < 1.29 is 9.84 Å². The molecule has 0 aromatic heterocycles. The molecule has 1 N–H and O–H groups in total. The number of hydrogen-bond acceptors (Lipinski definition) is 2. The molecule has 1 unspecified atom stereocenters. The number of benzene rings is 1. The Morgan fingerprint density at radius 1 is 1.40 bits per heavy atom. The molecule has 1 aromatic rings. The van der Waals surface area contributed by atoms with Gasteiger partial charge in [0, 0.05) is 0 Å². The average molecular weight is 208 g/mol. The van der Waals surface area contributed by atoms with E-state index in [0.717, 1.165) is 25.0 Å². The Kier molecular flexibility index (Phi) is 4.15. The number of methoxy groups -OCH3 is 1. The fourth-order valence-corrected chi connectivity index (χ4v) is 1.42. The highest BCUT2D eigenvalue weighted by Gasteiger charge is 2.16. The Morgan fingerprint density at radius 2 is 2.13 bits per heavy atom. The monoisotopic (exact) mass is 208 g/mol. The standard InChI is InChI=1S/C13H20O2/c1-4-13(2,14)9-8-11-6-5-7-12(10-11)15-3/h5-7,10,14H,4,8-9H2,1-3H3. The average Bonchev–Trinajstić information content (AvgIpc) is 2.27. The van der Waals surface area contributed by atoms with Gasteiger partial charge in [0.2, 0.25) is 0 Å². The molecule has 1 atom stereocenters. The van der Waals surface area contributed by atoms with Gasteiger partial charge in [-0.3, -0.25) is 0 Å². The first kappa shape index (κ1) is 12.1. The molecule has 0 radical (unpaired) electrons. The van der Waals surface area contributed by atoms with Crippen LogP contribution in [0.5, 0.6) is 5.75 Å². The van der Waals surface area contributed by atoms with Crippen LogP contribution in [0.25, 0.3) is 0 Å². The van der Waals surface area contributed by atoms with E-state index in [-0.39, 0.29) is 0 Å². The van der Waals surface area contributed by atoms with E-state index in [4.69, 9.17) is 4.74 Å². The molecule has 2 heteroatoms. The van der Waals surface area contributed by atoms with Gasteiger partial charge in [-0.1, -0.05) is 19.1 Å². The zero-order valence-corrected chi connectivity index (χ0v) is 9.79. The number of hydrogen-bond donors (Lipinski definition) is 1. The maximum Gasteiger partial charge on any atom is 0.119 e. The molecule has 0 aliphatic carbocycles. The first-order valence-electron chi connectivity index (χ1n) is 5.43. The highest BCUT2D eigenvalue weighted by Crippen LogP contribution is 2.19. The molecule has 0 saturated heterocycles. The molecule has 0 spiro atoms. The summed E-state index contributed by atoms with van der Waals surface area (Å²) >= 11 is 0. The van der Waals surface area contributed by atoms with Gasteiger partial charge in [-0.2, -0.15) is 0 Å². The second-order valence-electron chi connectivity index (χ2n) is 4.20. The van der Waals surface area contributed by atoms with E-state index in [2.05, 4.69) is 6.07 Å². The van der Waals surface area contributed by atoms with Crippen molar-refractivity contribution in [1.82, 2.24) is 0 Å². The third kappa shape index (κ3) is 3.92. The minimum absolute atomic E-state index is 0.553. The third-order valence-electron chi connectivity index (χ3n) is 2.85. The Hall–Kier alpha value is -1.02. The third-order valence-corrected chi connectivity index (χ3v) is 2.85. The predicted octanol–water partition coefficient (Wildman–Crippen LogP) is 2.79. The van der Waals surface area contributed by atoms with Crippen molar-refractivity contribution in [3.05, 3.63) is 29.8 Å². The lowest BCUT2D eigenvalue weighted by Gasteiger charge is -2.20. The van der Waals surface area contributed by atoms with Crippen molar-refractivity contribution in [2.45, 2.75) is 38.7 Å². The van der Waals surface area contributed by atoms with Gasteiger partial charge in [-0.25, -0.2) is 0 Å². The van der Waals surface area contributed by atoms with Crippen molar-refractivity contribution in [3.8, 4) is 5.75 Å². The summed E-state index contributed by atoms with van der Waals surface area (Å²) < 4.78 is 5.15. The molecule has 0 aliphatic heterocycles. The molecular formula is C13H20O2. The molecule has 1 rings (SSSR count). The summed E-state index contributed by atoms with van der Waals surface area (Å²) in [6, 6.07) is 8.00. The molecule has 0 heterocycles. The Bertz CT molecular complexity index is 305. The SMILES string of the molecule is CCC(C)(O)CCc1cccc(OC)c1. The summed E-state index contributed by atoms with van der Waals surface area (Å²) in [5.41, 5.74) is 0.659. The van der Waals surface area contributed by atoms with Gasteiger partial charge in [0.15, 0.2) is 0 Å².